The van der Waals surface area contributed by atoms with Gasteiger partial charge in [0.05, 0.1) is 16.9 Å². The van der Waals surface area contributed by atoms with Crippen LogP contribution < -0.4 is 10.0 Å². The van der Waals surface area contributed by atoms with E-state index in [2.05, 4.69) is 10.0 Å². The largest absolute Gasteiger partial charge is 0.416 e. The van der Waals surface area contributed by atoms with E-state index in [1.807, 2.05) is 0 Å². The number of carbonyl (C=O) groups is 1. The van der Waals surface area contributed by atoms with Crippen molar-refractivity contribution in [1.82, 2.24) is 10.0 Å². The van der Waals surface area contributed by atoms with Gasteiger partial charge in [-0.15, -0.1) is 0 Å². The van der Waals surface area contributed by atoms with Crippen molar-refractivity contribution in [3.05, 3.63) is 70.3 Å². The van der Waals surface area contributed by atoms with Crippen molar-refractivity contribution in [3.8, 4) is 0 Å². The van der Waals surface area contributed by atoms with Crippen LogP contribution in [-0.2, 0) is 34.7 Å². The molecule has 0 saturated heterocycles. The van der Waals surface area contributed by atoms with Crippen LogP contribution in [-0.4, -0.2) is 20.4 Å². The van der Waals surface area contributed by atoms with E-state index >= 15 is 0 Å². The highest BCUT2D eigenvalue weighted by Gasteiger charge is 2.37. The Morgan fingerprint density at radius 1 is 0.875 bits per heavy atom. The van der Waals surface area contributed by atoms with Crippen molar-refractivity contribution in [3.63, 3.8) is 0 Å². The number of carbonyl (C=O) groups excluding carboxylic acids is 1. The number of benzene rings is 2. The average Bonchev–Trinajstić information content (AvgIpc) is 2.64. The molecule has 0 bridgehead atoms. The number of hydrogen-bond acceptors (Lipinski definition) is 3. The lowest BCUT2D eigenvalue weighted by Crippen LogP contribution is -2.31. The molecule has 0 spiro atoms. The quantitative estimate of drug-likeness (QED) is 0.572. The van der Waals surface area contributed by atoms with Crippen LogP contribution in [0.1, 0.15) is 46.5 Å². The summed E-state index contributed by atoms with van der Waals surface area (Å²) in [4.78, 5) is 12.2. The summed E-state index contributed by atoms with van der Waals surface area (Å²) in [6, 6.07) is 6.34. The SMILES string of the molecule is CC(C)NS(=O)(=O)Cc1ccc(CNC(=O)c2cc(C(F)(F)F)cc(C(F)(F)F)c2)cc1. The predicted octanol–water partition coefficient (Wildman–Crippen LogP) is 4.48. The molecule has 0 radical (unpaired) electrons. The molecule has 0 heterocycles. The second-order valence-electron chi connectivity index (χ2n) is 7.33. The Morgan fingerprint density at radius 2 is 1.34 bits per heavy atom. The van der Waals surface area contributed by atoms with Gasteiger partial charge in [0, 0.05) is 18.2 Å². The highest BCUT2D eigenvalue weighted by molar-refractivity contribution is 7.88. The summed E-state index contributed by atoms with van der Waals surface area (Å²) in [5, 5.41) is 2.26. The van der Waals surface area contributed by atoms with E-state index in [0.29, 0.717) is 23.3 Å². The van der Waals surface area contributed by atoms with Crippen LogP contribution in [0.4, 0.5) is 26.3 Å². The standard InChI is InChI=1S/C20H20F6N2O3S/c1-12(2)28-32(30,31)11-14-5-3-13(4-6-14)10-27-18(29)15-7-16(19(21,22)23)9-17(8-15)20(24,25)26/h3-9,12,28H,10-11H2,1-2H3,(H,27,29). The molecule has 0 aliphatic rings. The Morgan fingerprint density at radius 3 is 1.78 bits per heavy atom. The second kappa shape index (κ2) is 9.49. The molecule has 0 unspecified atom stereocenters. The molecular formula is C20H20F6N2O3S. The maximum atomic E-state index is 12.9. The first-order valence-corrected chi connectivity index (χ1v) is 10.9. The number of nitrogens with one attached hydrogen (secondary N) is 2. The van der Waals surface area contributed by atoms with Crippen molar-refractivity contribution in [2.45, 2.75) is 44.5 Å². The highest BCUT2D eigenvalue weighted by Crippen LogP contribution is 2.36. The molecule has 5 nitrogen and oxygen atoms in total. The minimum absolute atomic E-state index is 0.0578. The van der Waals surface area contributed by atoms with Crippen molar-refractivity contribution < 1.29 is 39.6 Å². The number of amides is 1. The Hall–Kier alpha value is -2.60. The van der Waals surface area contributed by atoms with E-state index in [9.17, 15) is 39.6 Å². The van der Waals surface area contributed by atoms with Gasteiger partial charge in [0.25, 0.3) is 5.91 Å². The molecule has 0 aliphatic carbocycles. The molecule has 2 aromatic rings. The number of alkyl halides is 6. The summed E-state index contributed by atoms with van der Waals surface area (Å²) in [6.45, 7) is 3.16. The highest BCUT2D eigenvalue weighted by atomic mass is 32.2. The van der Waals surface area contributed by atoms with Gasteiger partial charge >= 0.3 is 12.4 Å². The normalized spacial score (nSPS) is 12.8. The van der Waals surface area contributed by atoms with Crippen LogP contribution in [0.15, 0.2) is 42.5 Å². The van der Waals surface area contributed by atoms with Gasteiger partial charge in [-0.1, -0.05) is 24.3 Å². The molecule has 0 atom stereocenters. The zero-order valence-corrected chi connectivity index (χ0v) is 17.8. The summed E-state index contributed by atoms with van der Waals surface area (Å²) in [6.07, 6.45) is -10.1. The van der Waals surface area contributed by atoms with Crippen LogP contribution in [0.3, 0.4) is 0 Å². The van der Waals surface area contributed by atoms with E-state index in [4.69, 9.17) is 0 Å². The molecule has 0 fully saturated rings. The van der Waals surface area contributed by atoms with Crippen molar-refractivity contribution in [2.75, 3.05) is 0 Å². The molecule has 0 saturated carbocycles. The monoisotopic (exact) mass is 482 g/mol. The summed E-state index contributed by atoms with van der Waals surface area (Å²) in [7, 11) is -3.54. The van der Waals surface area contributed by atoms with Gasteiger partial charge in [0.1, 0.15) is 0 Å². The third-order valence-electron chi connectivity index (χ3n) is 4.10. The van der Waals surface area contributed by atoms with Crippen LogP contribution in [0.5, 0.6) is 0 Å². The van der Waals surface area contributed by atoms with E-state index in [0.717, 1.165) is 0 Å². The predicted molar refractivity (Wildman–Crippen MR) is 105 cm³/mol. The lowest BCUT2D eigenvalue weighted by Gasteiger charge is -2.14. The zero-order valence-electron chi connectivity index (χ0n) is 16.9. The summed E-state index contributed by atoms with van der Waals surface area (Å²) < 4.78 is 104. The minimum atomic E-state index is -5.06. The summed E-state index contributed by atoms with van der Waals surface area (Å²) >= 11 is 0. The van der Waals surface area contributed by atoms with Gasteiger partial charge in [0.2, 0.25) is 10.0 Å². The lowest BCUT2D eigenvalue weighted by atomic mass is 10.0. The fourth-order valence-electron chi connectivity index (χ4n) is 2.74. The third kappa shape index (κ3) is 7.52. The minimum Gasteiger partial charge on any atom is -0.348 e. The van der Waals surface area contributed by atoms with E-state index in [1.54, 1.807) is 13.8 Å². The zero-order chi connectivity index (χ0) is 24.3. The fraction of sp³-hybridized carbons (Fsp3) is 0.350. The molecule has 2 aromatic carbocycles. The van der Waals surface area contributed by atoms with Crippen LogP contribution >= 0.6 is 0 Å². The summed E-state index contributed by atoms with van der Waals surface area (Å²) in [5.41, 5.74) is -3.02. The van der Waals surface area contributed by atoms with Gasteiger partial charge in [-0.05, 0) is 43.2 Å². The molecule has 176 valence electrons. The second-order valence-corrected chi connectivity index (χ2v) is 9.08. The van der Waals surface area contributed by atoms with E-state index < -0.39 is 45.0 Å². The number of hydrogen-bond donors (Lipinski definition) is 2. The number of rotatable bonds is 7. The Labute approximate surface area is 180 Å². The first kappa shape index (κ1) is 25.7. The van der Waals surface area contributed by atoms with Gasteiger partial charge in [-0.25, -0.2) is 13.1 Å². The molecule has 2 rings (SSSR count). The number of sulfonamides is 1. The van der Waals surface area contributed by atoms with Crippen LogP contribution in [0, 0.1) is 0 Å². The number of halogens is 6. The van der Waals surface area contributed by atoms with Crippen molar-refractivity contribution >= 4 is 15.9 Å². The van der Waals surface area contributed by atoms with Crippen LogP contribution in [0.25, 0.3) is 0 Å². The molecule has 0 aliphatic heterocycles. The van der Waals surface area contributed by atoms with Gasteiger partial charge < -0.3 is 5.32 Å². The Bertz CT molecular complexity index is 1030. The third-order valence-corrected chi connectivity index (χ3v) is 5.64. The van der Waals surface area contributed by atoms with Gasteiger partial charge in [-0.2, -0.15) is 26.3 Å². The Kier molecular flexibility index (Phi) is 7.61. The van der Waals surface area contributed by atoms with Crippen molar-refractivity contribution in [2.24, 2.45) is 0 Å². The summed E-state index contributed by atoms with van der Waals surface area (Å²) in [5.74, 6) is -1.39. The molecule has 12 heteroatoms. The topological polar surface area (TPSA) is 75.3 Å². The smallest absolute Gasteiger partial charge is 0.348 e. The first-order chi connectivity index (χ1) is 14.6. The molecule has 1 amide bonds. The van der Waals surface area contributed by atoms with Gasteiger partial charge in [-0.3, -0.25) is 4.79 Å². The molecular weight excluding hydrogens is 462 g/mol. The Balaban J connectivity index is 2.12. The lowest BCUT2D eigenvalue weighted by molar-refractivity contribution is -0.143. The molecule has 0 aromatic heterocycles. The van der Waals surface area contributed by atoms with E-state index in [1.165, 1.54) is 24.3 Å². The maximum absolute atomic E-state index is 12.9. The fourth-order valence-corrected chi connectivity index (χ4v) is 4.18. The maximum Gasteiger partial charge on any atom is 0.416 e. The first-order valence-electron chi connectivity index (χ1n) is 9.22. The molecule has 32 heavy (non-hydrogen) atoms. The van der Waals surface area contributed by atoms with Crippen LogP contribution in [0.2, 0.25) is 0 Å². The van der Waals surface area contributed by atoms with E-state index in [-0.39, 0.29) is 24.4 Å². The van der Waals surface area contributed by atoms with Gasteiger partial charge in [0.15, 0.2) is 0 Å². The van der Waals surface area contributed by atoms with Crippen molar-refractivity contribution in [1.29, 1.82) is 0 Å². The molecule has 2 N–H and O–H groups in total. The average molecular weight is 482 g/mol.